The van der Waals surface area contributed by atoms with E-state index in [1.165, 1.54) is 0 Å². The molecule has 0 spiro atoms. The minimum absolute atomic E-state index is 0.0267. The third kappa shape index (κ3) is 4.18. The van der Waals surface area contributed by atoms with E-state index in [9.17, 15) is 9.59 Å². The van der Waals surface area contributed by atoms with Crippen LogP contribution in [0.25, 0.3) is 0 Å². The van der Waals surface area contributed by atoms with Gasteiger partial charge in [-0.15, -0.1) is 0 Å². The SMILES string of the molecule is CCOC(=O)CN(c1nc(C)cc(C)c1C(N)=O)C(C)C. The first-order valence-electron chi connectivity index (χ1n) is 6.98. The average Bonchev–Trinajstić information content (AvgIpc) is 2.34. The van der Waals surface area contributed by atoms with Gasteiger partial charge in [0, 0.05) is 11.7 Å². The largest absolute Gasteiger partial charge is 0.465 e. The Kier molecular flexibility index (Phi) is 5.69. The number of carbonyl (C=O) groups is 2. The number of aromatic nitrogens is 1. The van der Waals surface area contributed by atoms with Crippen molar-refractivity contribution in [2.24, 2.45) is 5.73 Å². The van der Waals surface area contributed by atoms with E-state index in [1.54, 1.807) is 24.8 Å². The van der Waals surface area contributed by atoms with E-state index in [-0.39, 0.29) is 18.6 Å². The lowest BCUT2D eigenvalue weighted by molar-refractivity contribution is -0.141. The molecule has 0 aromatic carbocycles. The van der Waals surface area contributed by atoms with Crippen molar-refractivity contribution in [1.29, 1.82) is 0 Å². The van der Waals surface area contributed by atoms with E-state index in [2.05, 4.69) is 4.98 Å². The fourth-order valence-corrected chi connectivity index (χ4v) is 2.18. The first kappa shape index (κ1) is 16.9. The van der Waals surface area contributed by atoms with Gasteiger partial charge in [-0.25, -0.2) is 4.98 Å². The Morgan fingerprint density at radius 2 is 2.00 bits per heavy atom. The number of rotatable bonds is 6. The summed E-state index contributed by atoms with van der Waals surface area (Å²) in [5.41, 5.74) is 7.33. The zero-order chi connectivity index (χ0) is 16.2. The Balaban J connectivity index is 3.31. The van der Waals surface area contributed by atoms with Crippen molar-refractivity contribution in [2.45, 2.75) is 40.7 Å². The van der Waals surface area contributed by atoms with Gasteiger partial charge in [0.05, 0.1) is 12.2 Å². The van der Waals surface area contributed by atoms with Crippen LogP contribution in [0.15, 0.2) is 6.07 Å². The molecule has 2 N–H and O–H groups in total. The molecular weight excluding hydrogens is 270 g/mol. The fraction of sp³-hybridized carbons (Fsp3) is 0.533. The number of anilines is 1. The molecule has 116 valence electrons. The minimum atomic E-state index is -0.551. The Morgan fingerprint density at radius 3 is 2.48 bits per heavy atom. The molecule has 0 bridgehead atoms. The maximum atomic E-state index is 11.8. The summed E-state index contributed by atoms with van der Waals surface area (Å²) in [6, 6.07) is 1.77. The maximum Gasteiger partial charge on any atom is 0.325 e. The fourth-order valence-electron chi connectivity index (χ4n) is 2.18. The van der Waals surface area contributed by atoms with E-state index in [4.69, 9.17) is 10.5 Å². The second kappa shape index (κ2) is 7.06. The second-order valence-electron chi connectivity index (χ2n) is 5.17. The van der Waals surface area contributed by atoms with Gasteiger partial charge in [0.25, 0.3) is 5.91 Å². The summed E-state index contributed by atoms with van der Waals surface area (Å²) in [4.78, 5) is 29.6. The number of nitrogens with two attached hydrogens (primary N) is 1. The second-order valence-corrected chi connectivity index (χ2v) is 5.17. The van der Waals surface area contributed by atoms with Crippen LogP contribution in [0.5, 0.6) is 0 Å². The predicted molar refractivity (Wildman–Crippen MR) is 81.3 cm³/mol. The molecule has 0 aliphatic heterocycles. The van der Waals surface area contributed by atoms with Crippen molar-refractivity contribution in [2.75, 3.05) is 18.1 Å². The van der Waals surface area contributed by atoms with Crippen LogP contribution in [-0.2, 0) is 9.53 Å². The molecular formula is C15H23N3O3. The smallest absolute Gasteiger partial charge is 0.325 e. The Morgan fingerprint density at radius 1 is 1.38 bits per heavy atom. The van der Waals surface area contributed by atoms with Crippen LogP contribution in [0, 0.1) is 13.8 Å². The lowest BCUT2D eigenvalue weighted by Gasteiger charge is -2.29. The van der Waals surface area contributed by atoms with E-state index in [0.29, 0.717) is 18.0 Å². The summed E-state index contributed by atoms with van der Waals surface area (Å²) >= 11 is 0. The number of carbonyl (C=O) groups excluding carboxylic acids is 2. The van der Waals surface area contributed by atoms with Gasteiger partial charge in [0.1, 0.15) is 12.4 Å². The topological polar surface area (TPSA) is 85.5 Å². The van der Waals surface area contributed by atoms with Crippen molar-refractivity contribution < 1.29 is 14.3 Å². The van der Waals surface area contributed by atoms with Gasteiger partial charge >= 0.3 is 5.97 Å². The van der Waals surface area contributed by atoms with Gasteiger partial charge < -0.3 is 15.4 Å². The van der Waals surface area contributed by atoms with E-state index in [1.807, 2.05) is 20.8 Å². The highest BCUT2D eigenvalue weighted by Gasteiger charge is 2.23. The normalized spacial score (nSPS) is 10.6. The zero-order valence-electron chi connectivity index (χ0n) is 13.3. The van der Waals surface area contributed by atoms with Gasteiger partial charge in [-0.05, 0) is 46.2 Å². The Labute approximate surface area is 125 Å². The highest BCUT2D eigenvalue weighted by molar-refractivity contribution is 5.99. The minimum Gasteiger partial charge on any atom is -0.465 e. The molecule has 0 aliphatic rings. The molecule has 6 nitrogen and oxygen atoms in total. The lowest BCUT2D eigenvalue weighted by Crippen LogP contribution is -2.39. The molecule has 0 fully saturated rings. The number of hydrogen-bond donors (Lipinski definition) is 1. The number of ether oxygens (including phenoxy) is 1. The standard InChI is InChI=1S/C15H23N3O3/c1-6-21-12(19)8-18(9(2)3)15-13(14(16)20)10(4)7-11(5)17-15/h7,9H,6,8H2,1-5H3,(H2,16,20). The summed E-state index contributed by atoms with van der Waals surface area (Å²) in [7, 11) is 0. The van der Waals surface area contributed by atoms with E-state index < -0.39 is 5.91 Å². The molecule has 0 saturated carbocycles. The van der Waals surface area contributed by atoms with E-state index in [0.717, 1.165) is 11.3 Å². The van der Waals surface area contributed by atoms with Crippen LogP contribution in [0.4, 0.5) is 5.82 Å². The average molecular weight is 293 g/mol. The van der Waals surface area contributed by atoms with Gasteiger partial charge in [-0.3, -0.25) is 9.59 Å². The predicted octanol–water partition coefficient (Wildman–Crippen LogP) is 1.58. The van der Waals surface area contributed by atoms with Crippen LogP contribution in [-0.4, -0.2) is 36.1 Å². The molecule has 0 aliphatic carbocycles. The monoisotopic (exact) mass is 293 g/mol. The maximum absolute atomic E-state index is 11.8. The quantitative estimate of drug-likeness (QED) is 0.805. The van der Waals surface area contributed by atoms with Gasteiger partial charge in [0.2, 0.25) is 0 Å². The highest BCUT2D eigenvalue weighted by Crippen LogP contribution is 2.24. The van der Waals surface area contributed by atoms with Gasteiger partial charge in [-0.1, -0.05) is 0 Å². The van der Waals surface area contributed by atoms with Gasteiger partial charge in [-0.2, -0.15) is 0 Å². The van der Waals surface area contributed by atoms with Gasteiger partial charge in [0.15, 0.2) is 0 Å². The van der Waals surface area contributed by atoms with Crippen LogP contribution >= 0.6 is 0 Å². The number of esters is 1. The summed E-state index contributed by atoms with van der Waals surface area (Å²) in [6.45, 7) is 9.58. The molecule has 1 heterocycles. The molecule has 1 rings (SSSR count). The molecule has 0 radical (unpaired) electrons. The van der Waals surface area contributed by atoms with Crippen LogP contribution in [0.1, 0.15) is 42.4 Å². The first-order chi connectivity index (χ1) is 9.77. The summed E-state index contributed by atoms with van der Waals surface area (Å²) < 4.78 is 4.98. The summed E-state index contributed by atoms with van der Waals surface area (Å²) in [6.07, 6.45) is 0. The van der Waals surface area contributed by atoms with E-state index >= 15 is 0 Å². The molecule has 0 atom stereocenters. The highest BCUT2D eigenvalue weighted by atomic mass is 16.5. The van der Waals surface area contributed by atoms with Crippen molar-refractivity contribution in [3.63, 3.8) is 0 Å². The number of nitrogens with zero attached hydrogens (tertiary/aromatic N) is 2. The number of aryl methyl sites for hydroxylation is 2. The third-order valence-corrected chi connectivity index (χ3v) is 3.07. The molecule has 1 aromatic rings. The molecule has 0 unspecified atom stereocenters. The van der Waals surface area contributed by atoms with Crippen molar-refractivity contribution in [3.8, 4) is 0 Å². The Hall–Kier alpha value is -2.11. The zero-order valence-corrected chi connectivity index (χ0v) is 13.3. The lowest BCUT2D eigenvalue weighted by atomic mass is 10.1. The number of pyridine rings is 1. The number of amides is 1. The van der Waals surface area contributed by atoms with Crippen molar-refractivity contribution in [3.05, 3.63) is 22.9 Å². The van der Waals surface area contributed by atoms with Crippen molar-refractivity contribution in [1.82, 2.24) is 4.98 Å². The summed E-state index contributed by atoms with van der Waals surface area (Å²) in [5, 5.41) is 0. The van der Waals surface area contributed by atoms with Crippen molar-refractivity contribution >= 4 is 17.7 Å². The number of primary amides is 1. The molecule has 1 aromatic heterocycles. The molecule has 1 amide bonds. The molecule has 6 heteroatoms. The third-order valence-electron chi connectivity index (χ3n) is 3.07. The van der Waals surface area contributed by atoms with Crippen LogP contribution in [0.2, 0.25) is 0 Å². The van der Waals surface area contributed by atoms with Crippen LogP contribution < -0.4 is 10.6 Å². The molecule has 0 saturated heterocycles. The Bertz CT molecular complexity index is 541. The van der Waals surface area contributed by atoms with Crippen LogP contribution in [0.3, 0.4) is 0 Å². The number of hydrogen-bond acceptors (Lipinski definition) is 5. The summed E-state index contributed by atoms with van der Waals surface area (Å²) in [5.74, 6) is -0.477. The first-order valence-corrected chi connectivity index (χ1v) is 6.98. The molecule has 21 heavy (non-hydrogen) atoms.